The van der Waals surface area contributed by atoms with Gasteiger partial charge in [-0.2, -0.15) is 5.10 Å². The van der Waals surface area contributed by atoms with Crippen LogP contribution in [0.25, 0.3) is 11.1 Å². The summed E-state index contributed by atoms with van der Waals surface area (Å²) in [4.78, 5) is 0. The van der Waals surface area contributed by atoms with Gasteiger partial charge in [0, 0.05) is 11.3 Å². The third-order valence-electron chi connectivity index (χ3n) is 4.24. The van der Waals surface area contributed by atoms with Crippen molar-refractivity contribution in [1.29, 1.82) is 0 Å². The summed E-state index contributed by atoms with van der Waals surface area (Å²) in [5.41, 5.74) is 10.1. The summed E-state index contributed by atoms with van der Waals surface area (Å²) < 4.78 is 10.7. The average molecular weight is 406 g/mol. The molecule has 0 heterocycles. The van der Waals surface area contributed by atoms with Crippen LogP contribution in [0, 0.1) is 0 Å². The number of amidine groups is 1. The van der Waals surface area contributed by atoms with Crippen molar-refractivity contribution in [2.45, 2.75) is 5.75 Å². The number of nitrogens with two attached hydrogens (primary N) is 1. The minimum atomic E-state index is 0.425. The molecule has 0 radical (unpaired) electrons. The Hall–Kier alpha value is -3.25. The molecule has 0 fully saturated rings. The van der Waals surface area contributed by atoms with Gasteiger partial charge in [-0.25, -0.2) is 0 Å². The minimum absolute atomic E-state index is 0.425. The topological polar surface area (TPSA) is 69.2 Å². The van der Waals surface area contributed by atoms with Crippen LogP contribution in [0.5, 0.6) is 11.5 Å². The fourth-order valence-electron chi connectivity index (χ4n) is 2.78. The van der Waals surface area contributed by atoms with E-state index in [0.29, 0.717) is 16.7 Å². The molecule has 0 bridgehead atoms. The van der Waals surface area contributed by atoms with E-state index < -0.39 is 0 Å². The first-order valence-electron chi connectivity index (χ1n) is 9.06. The van der Waals surface area contributed by atoms with Gasteiger partial charge < -0.3 is 15.2 Å². The highest BCUT2D eigenvalue weighted by Gasteiger charge is 2.08. The quantitative estimate of drug-likeness (QED) is 0.343. The van der Waals surface area contributed by atoms with E-state index in [1.807, 2.05) is 60.7 Å². The molecule has 0 amide bonds. The lowest BCUT2D eigenvalue weighted by Crippen LogP contribution is -2.06. The van der Waals surface area contributed by atoms with Crippen molar-refractivity contribution in [3.63, 3.8) is 0 Å². The molecular formula is C23H23N3O2S. The van der Waals surface area contributed by atoms with Crippen molar-refractivity contribution in [3.05, 3.63) is 83.9 Å². The molecule has 3 rings (SSSR count). The summed E-state index contributed by atoms with van der Waals surface area (Å²) in [6, 6.07) is 23.9. The van der Waals surface area contributed by atoms with Crippen LogP contribution in [0.15, 0.2) is 83.0 Å². The second-order valence-corrected chi connectivity index (χ2v) is 7.11. The standard InChI is InChI=1S/C23H23N3O2S/c1-27-21-13-12-18(14-22(21)28-2)20-11-7-6-10-19(20)15-25-26-23(24)29-16-17-8-4-3-5-9-17/h3-15H,16H2,1-2H3,(H2,24,26). The first-order chi connectivity index (χ1) is 14.2. The number of benzene rings is 3. The van der Waals surface area contributed by atoms with Crippen molar-refractivity contribution < 1.29 is 9.47 Å². The first kappa shape index (κ1) is 20.5. The van der Waals surface area contributed by atoms with Crippen LogP contribution in [0.2, 0.25) is 0 Å². The Labute approximate surface area is 175 Å². The Morgan fingerprint density at radius 2 is 1.66 bits per heavy atom. The van der Waals surface area contributed by atoms with Crippen LogP contribution >= 0.6 is 11.8 Å². The largest absolute Gasteiger partial charge is 0.493 e. The third-order valence-corrected chi connectivity index (χ3v) is 5.09. The maximum atomic E-state index is 5.97. The molecule has 0 aromatic heterocycles. The second-order valence-electron chi connectivity index (χ2n) is 6.11. The predicted octanol–water partition coefficient (Wildman–Crippen LogP) is 4.95. The van der Waals surface area contributed by atoms with Gasteiger partial charge in [-0.3, -0.25) is 0 Å². The number of rotatable bonds is 7. The molecule has 0 saturated carbocycles. The summed E-state index contributed by atoms with van der Waals surface area (Å²) in [5.74, 6) is 2.13. The zero-order valence-corrected chi connectivity index (χ0v) is 17.2. The van der Waals surface area contributed by atoms with Gasteiger partial charge in [0.25, 0.3) is 0 Å². The Morgan fingerprint density at radius 1 is 0.931 bits per heavy atom. The third kappa shape index (κ3) is 5.62. The molecule has 3 aromatic carbocycles. The zero-order chi connectivity index (χ0) is 20.5. The Kier molecular flexibility index (Phi) is 7.30. The lowest BCUT2D eigenvalue weighted by molar-refractivity contribution is 0.355. The fourth-order valence-corrected chi connectivity index (χ4v) is 3.40. The fraction of sp³-hybridized carbons (Fsp3) is 0.130. The lowest BCUT2D eigenvalue weighted by atomic mass is 10.00. The number of hydrogen-bond acceptors (Lipinski definition) is 5. The minimum Gasteiger partial charge on any atom is -0.493 e. The van der Waals surface area contributed by atoms with Gasteiger partial charge in [-0.05, 0) is 28.8 Å². The molecule has 2 N–H and O–H groups in total. The maximum Gasteiger partial charge on any atom is 0.180 e. The van der Waals surface area contributed by atoms with Crippen LogP contribution in [0.4, 0.5) is 0 Å². The molecule has 29 heavy (non-hydrogen) atoms. The van der Waals surface area contributed by atoms with Crippen LogP contribution in [0.1, 0.15) is 11.1 Å². The summed E-state index contributed by atoms with van der Waals surface area (Å²) in [7, 11) is 3.25. The van der Waals surface area contributed by atoms with E-state index in [9.17, 15) is 0 Å². The van der Waals surface area contributed by atoms with Crippen LogP contribution in [-0.2, 0) is 5.75 Å². The van der Waals surface area contributed by atoms with Gasteiger partial charge in [-0.1, -0.05) is 72.4 Å². The molecule has 6 heteroatoms. The van der Waals surface area contributed by atoms with Gasteiger partial charge in [-0.15, -0.1) is 5.10 Å². The first-order valence-corrected chi connectivity index (χ1v) is 10.0. The summed E-state index contributed by atoms with van der Waals surface area (Å²) in [6.07, 6.45) is 1.71. The van der Waals surface area contributed by atoms with Gasteiger partial charge in [0.05, 0.1) is 20.4 Å². The Bertz CT molecular complexity index is 1000. The second kappa shape index (κ2) is 10.3. The Balaban J connectivity index is 1.75. The number of ether oxygens (including phenoxy) is 2. The number of hydrogen-bond donors (Lipinski definition) is 1. The molecule has 0 unspecified atom stereocenters. The smallest absolute Gasteiger partial charge is 0.180 e. The SMILES string of the molecule is COc1ccc(-c2ccccc2C=NN=C(N)SCc2ccccc2)cc1OC. The summed E-state index contributed by atoms with van der Waals surface area (Å²) in [5, 5.41) is 8.71. The highest BCUT2D eigenvalue weighted by molar-refractivity contribution is 8.13. The van der Waals surface area contributed by atoms with Gasteiger partial charge in [0.1, 0.15) is 0 Å². The van der Waals surface area contributed by atoms with E-state index in [4.69, 9.17) is 15.2 Å². The van der Waals surface area contributed by atoms with Gasteiger partial charge in [0.15, 0.2) is 16.7 Å². The van der Waals surface area contributed by atoms with Crippen molar-refractivity contribution in [1.82, 2.24) is 0 Å². The van der Waals surface area contributed by atoms with Crippen molar-refractivity contribution in [3.8, 4) is 22.6 Å². The Morgan fingerprint density at radius 3 is 2.41 bits per heavy atom. The van der Waals surface area contributed by atoms with Gasteiger partial charge >= 0.3 is 0 Å². The molecule has 0 aliphatic carbocycles. The zero-order valence-electron chi connectivity index (χ0n) is 16.4. The number of thioether (sulfide) groups is 1. The molecular weight excluding hydrogens is 382 g/mol. The monoisotopic (exact) mass is 405 g/mol. The molecule has 0 saturated heterocycles. The molecule has 5 nitrogen and oxygen atoms in total. The summed E-state index contributed by atoms with van der Waals surface area (Å²) in [6.45, 7) is 0. The van der Waals surface area contributed by atoms with Gasteiger partial charge in [0.2, 0.25) is 0 Å². The average Bonchev–Trinajstić information content (AvgIpc) is 2.78. The molecule has 148 valence electrons. The van der Waals surface area contributed by atoms with E-state index in [1.54, 1.807) is 20.4 Å². The number of nitrogens with zero attached hydrogens (tertiary/aromatic N) is 2. The molecule has 0 atom stereocenters. The van der Waals surface area contributed by atoms with Crippen molar-refractivity contribution >= 4 is 23.1 Å². The molecule has 0 aliphatic heterocycles. The molecule has 0 spiro atoms. The maximum absolute atomic E-state index is 5.97. The van der Waals surface area contributed by atoms with Crippen LogP contribution in [-0.4, -0.2) is 25.6 Å². The van der Waals surface area contributed by atoms with Crippen LogP contribution in [0.3, 0.4) is 0 Å². The predicted molar refractivity (Wildman–Crippen MR) is 122 cm³/mol. The van der Waals surface area contributed by atoms with Crippen molar-refractivity contribution in [2.75, 3.05) is 14.2 Å². The highest BCUT2D eigenvalue weighted by atomic mass is 32.2. The highest BCUT2D eigenvalue weighted by Crippen LogP contribution is 2.33. The van der Waals surface area contributed by atoms with E-state index >= 15 is 0 Å². The van der Waals surface area contributed by atoms with E-state index in [2.05, 4.69) is 22.3 Å². The molecule has 3 aromatic rings. The van der Waals surface area contributed by atoms with Crippen LogP contribution < -0.4 is 15.2 Å². The molecule has 0 aliphatic rings. The van der Waals surface area contributed by atoms with E-state index in [-0.39, 0.29) is 0 Å². The lowest BCUT2D eigenvalue weighted by Gasteiger charge is -2.11. The summed E-state index contributed by atoms with van der Waals surface area (Å²) >= 11 is 1.46. The normalized spacial score (nSPS) is 11.6. The van der Waals surface area contributed by atoms with E-state index in [1.165, 1.54) is 17.3 Å². The van der Waals surface area contributed by atoms with E-state index in [0.717, 1.165) is 22.4 Å². The van der Waals surface area contributed by atoms with Crippen molar-refractivity contribution in [2.24, 2.45) is 15.9 Å². The number of methoxy groups -OCH3 is 2.